The molecule has 0 unspecified atom stereocenters. The van der Waals surface area contributed by atoms with Crippen molar-refractivity contribution in [1.29, 1.82) is 0 Å². The van der Waals surface area contributed by atoms with E-state index >= 15 is 0 Å². The molecule has 0 aliphatic carbocycles. The van der Waals surface area contributed by atoms with E-state index in [0.29, 0.717) is 43.0 Å². The summed E-state index contributed by atoms with van der Waals surface area (Å²) in [5, 5.41) is 0. The van der Waals surface area contributed by atoms with Gasteiger partial charge in [0, 0.05) is 43.0 Å². The van der Waals surface area contributed by atoms with E-state index in [1.54, 1.807) is 29.2 Å². The smallest absolute Gasteiger partial charge is 0.254 e. The number of rotatable bonds is 3. The maximum absolute atomic E-state index is 12.6. The zero-order chi connectivity index (χ0) is 17.8. The first-order chi connectivity index (χ1) is 12.1. The van der Waals surface area contributed by atoms with Crippen molar-refractivity contribution in [2.75, 3.05) is 31.9 Å². The standard InChI is InChI=1S/C20H23N3O2.ClH/c1-2-15-6-8-16(9-7-15)19(24)22-10-12-23(13-11-22)20(25)17-4-3-5-18(21)14-17;/h3-9,14H,2,10-13,21H2,1H3;1H. The minimum absolute atomic E-state index is 0. The van der Waals surface area contributed by atoms with E-state index < -0.39 is 0 Å². The maximum Gasteiger partial charge on any atom is 0.254 e. The number of halogens is 1. The fourth-order valence-corrected chi connectivity index (χ4v) is 3.03. The number of hydrogen-bond acceptors (Lipinski definition) is 3. The lowest BCUT2D eigenvalue weighted by atomic mass is 10.1. The summed E-state index contributed by atoms with van der Waals surface area (Å²) < 4.78 is 0. The highest BCUT2D eigenvalue weighted by Crippen LogP contribution is 2.14. The first kappa shape index (κ1) is 19.8. The molecule has 0 saturated carbocycles. The molecule has 0 radical (unpaired) electrons. The van der Waals surface area contributed by atoms with Crippen LogP contribution in [-0.4, -0.2) is 47.8 Å². The zero-order valence-electron chi connectivity index (χ0n) is 14.9. The van der Waals surface area contributed by atoms with E-state index in [9.17, 15) is 9.59 Å². The van der Waals surface area contributed by atoms with E-state index in [4.69, 9.17) is 5.73 Å². The van der Waals surface area contributed by atoms with E-state index in [-0.39, 0.29) is 24.2 Å². The summed E-state index contributed by atoms with van der Waals surface area (Å²) in [5.41, 5.74) is 8.84. The highest BCUT2D eigenvalue weighted by Gasteiger charge is 2.25. The lowest BCUT2D eigenvalue weighted by Gasteiger charge is -2.35. The van der Waals surface area contributed by atoms with Gasteiger partial charge in [-0.25, -0.2) is 0 Å². The third kappa shape index (κ3) is 4.35. The van der Waals surface area contributed by atoms with E-state index in [1.807, 2.05) is 29.2 Å². The van der Waals surface area contributed by atoms with Crippen LogP contribution in [0.4, 0.5) is 5.69 Å². The van der Waals surface area contributed by atoms with Crippen LogP contribution >= 0.6 is 12.4 Å². The molecule has 1 heterocycles. The molecule has 2 aromatic rings. The molecule has 5 nitrogen and oxygen atoms in total. The Morgan fingerprint density at radius 2 is 1.42 bits per heavy atom. The third-order valence-electron chi connectivity index (χ3n) is 4.60. The van der Waals surface area contributed by atoms with Gasteiger partial charge in [-0.3, -0.25) is 9.59 Å². The van der Waals surface area contributed by atoms with Crippen LogP contribution in [0.2, 0.25) is 0 Å². The summed E-state index contributed by atoms with van der Waals surface area (Å²) in [6.45, 7) is 4.25. The number of nitrogen functional groups attached to an aromatic ring is 1. The Hall–Kier alpha value is -2.53. The average Bonchev–Trinajstić information content (AvgIpc) is 2.67. The molecule has 2 aromatic carbocycles. The summed E-state index contributed by atoms with van der Waals surface area (Å²) >= 11 is 0. The van der Waals surface area contributed by atoms with Crippen LogP contribution in [0.1, 0.15) is 33.2 Å². The highest BCUT2D eigenvalue weighted by molar-refractivity contribution is 5.96. The van der Waals surface area contributed by atoms with Crippen molar-refractivity contribution in [1.82, 2.24) is 9.80 Å². The topological polar surface area (TPSA) is 66.6 Å². The van der Waals surface area contributed by atoms with Gasteiger partial charge in [-0.2, -0.15) is 0 Å². The van der Waals surface area contributed by atoms with Crippen LogP contribution in [0.5, 0.6) is 0 Å². The van der Waals surface area contributed by atoms with Gasteiger partial charge >= 0.3 is 0 Å². The number of piperazine rings is 1. The molecule has 1 fully saturated rings. The molecule has 0 spiro atoms. The summed E-state index contributed by atoms with van der Waals surface area (Å²) in [6.07, 6.45) is 0.958. The number of amides is 2. The van der Waals surface area contributed by atoms with Gasteiger partial charge in [0.15, 0.2) is 0 Å². The van der Waals surface area contributed by atoms with Gasteiger partial charge in [0.1, 0.15) is 0 Å². The molecule has 6 heteroatoms. The Balaban J connectivity index is 0.00000243. The Bertz CT molecular complexity index is 769. The minimum Gasteiger partial charge on any atom is -0.399 e. The number of carbonyl (C=O) groups excluding carboxylic acids is 2. The van der Waals surface area contributed by atoms with E-state index in [0.717, 1.165) is 6.42 Å². The van der Waals surface area contributed by atoms with Crippen molar-refractivity contribution in [3.05, 3.63) is 65.2 Å². The summed E-state index contributed by atoms with van der Waals surface area (Å²) in [5.74, 6) is -0.00888. The Labute approximate surface area is 160 Å². The molecule has 3 rings (SSSR count). The highest BCUT2D eigenvalue weighted by atomic mass is 35.5. The molecular formula is C20H24ClN3O2. The molecule has 2 amide bonds. The van der Waals surface area contributed by atoms with Gasteiger partial charge in [-0.05, 0) is 42.3 Å². The van der Waals surface area contributed by atoms with Gasteiger partial charge in [-0.1, -0.05) is 25.1 Å². The second-order valence-electron chi connectivity index (χ2n) is 6.26. The first-order valence-corrected chi connectivity index (χ1v) is 8.61. The fourth-order valence-electron chi connectivity index (χ4n) is 3.03. The summed E-state index contributed by atoms with van der Waals surface area (Å²) in [7, 11) is 0. The molecule has 1 aliphatic heterocycles. The zero-order valence-corrected chi connectivity index (χ0v) is 15.7. The summed E-state index contributed by atoms with van der Waals surface area (Å²) in [6, 6.07) is 14.7. The first-order valence-electron chi connectivity index (χ1n) is 8.61. The SMILES string of the molecule is CCc1ccc(C(=O)N2CCN(C(=O)c3cccc(N)c3)CC2)cc1.Cl. The van der Waals surface area contributed by atoms with Crippen LogP contribution in [0.3, 0.4) is 0 Å². The van der Waals surface area contributed by atoms with Crippen LogP contribution in [0, 0.1) is 0 Å². The Kier molecular flexibility index (Phi) is 6.64. The van der Waals surface area contributed by atoms with Gasteiger partial charge in [0.2, 0.25) is 0 Å². The quantitative estimate of drug-likeness (QED) is 0.841. The van der Waals surface area contributed by atoms with E-state index in [1.165, 1.54) is 5.56 Å². The molecule has 138 valence electrons. The van der Waals surface area contributed by atoms with Gasteiger partial charge < -0.3 is 15.5 Å². The van der Waals surface area contributed by atoms with Gasteiger partial charge in [0.25, 0.3) is 11.8 Å². The molecule has 1 saturated heterocycles. The number of hydrogen-bond donors (Lipinski definition) is 1. The Morgan fingerprint density at radius 1 is 0.885 bits per heavy atom. The maximum atomic E-state index is 12.6. The number of benzene rings is 2. The van der Waals surface area contributed by atoms with E-state index in [2.05, 4.69) is 6.92 Å². The van der Waals surface area contributed by atoms with Gasteiger partial charge in [0.05, 0.1) is 0 Å². The molecule has 0 aromatic heterocycles. The second kappa shape index (κ2) is 8.72. The molecule has 2 N–H and O–H groups in total. The normalized spacial score (nSPS) is 13.9. The fraction of sp³-hybridized carbons (Fsp3) is 0.300. The van der Waals surface area contributed by atoms with Crippen molar-refractivity contribution in [3.63, 3.8) is 0 Å². The lowest BCUT2D eigenvalue weighted by Crippen LogP contribution is -2.50. The van der Waals surface area contributed by atoms with Crippen molar-refractivity contribution < 1.29 is 9.59 Å². The molecule has 26 heavy (non-hydrogen) atoms. The molecule has 1 aliphatic rings. The molecule has 0 bridgehead atoms. The van der Waals surface area contributed by atoms with Crippen LogP contribution in [-0.2, 0) is 6.42 Å². The van der Waals surface area contributed by atoms with Crippen molar-refractivity contribution in [3.8, 4) is 0 Å². The minimum atomic E-state index is -0.0355. The van der Waals surface area contributed by atoms with Crippen LogP contribution in [0.15, 0.2) is 48.5 Å². The Morgan fingerprint density at radius 3 is 1.92 bits per heavy atom. The number of aryl methyl sites for hydroxylation is 1. The lowest BCUT2D eigenvalue weighted by molar-refractivity contribution is 0.0535. The second-order valence-corrected chi connectivity index (χ2v) is 6.26. The van der Waals surface area contributed by atoms with Crippen LogP contribution in [0.25, 0.3) is 0 Å². The number of nitrogens with zero attached hydrogens (tertiary/aromatic N) is 2. The molecular weight excluding hydrogens is 350 g/mol. The monoisotopic (exact) mass is 373 g/mol. The predicted molar refractivity (Wildman–Crippen MR) is 106 cm³/mol. The summed E-state index contributed by atoms with van der Waals surface area (Å²) in [4.78, 5) is 28.7. The van der Waals surface area contributed by atoms with Crippen LogP contribution < -0.4 is 5.73 Å². The third-order valence-corrected chi connectivity index (χ3v) is 4.60. The van der Waals surface area contributed by atoms with Crippen molar-refractivity contribution in [2.45, 2.75) is 13.3 Å². The number of anilines is 1. The average molecular weight is 374 g/mol. The van der Waals surface area contributed by atoms with Gasteiger partial charge in [-0.15, -0.1) is 12.4 Å². The van der Waals surface area contributed by atoms with Crippen molar-refractivity contribution >= 4 is 29.9 Å². The number of carbonyl (C=O) groups is 2. The largest absolute Gasteiger partial charge is 0.399 e. The molecule has 0 atom stereocenters. The van der Waals surface area contributed by atoms with Crippen molar-refractivity contribution in [2.24, 2.45) is 0 Å². The predicted octanol–water partition coefficient (Wildman–Crippen LogP) is 2.85. The number of nitrogens with two attached hydrogens (primary N) is 1.